The molecule has 0 fully saturated rings. The van der Waals surface area contributed by atoms with E-state index in [1.165, 1.54) is 60.5 Å². The van der Waals surface area contributed by atoms with Crippen molar-refractivity contribution < 1.29 is 4.42 Å². The number of hydrogen-bond donors (Lipinski definition) is 0. The summed E-state index contributed by atoms with van der Waals surface area (Å²) >= 11 is 0. The van der Waals surface area contributed by atoms with Gasteiger partial charge >= 0.3 is 0 Å². The largest absolute Gasteiger partial charge is 0.456 e. The number of hydrogen-bond acceptors (Lipinski definition) is 2. The molecule has 0 atom stereocenters. The van der Waals surface area contributed by atoms with Gasteiger partial charge < -0.3 is 9.32 Å². The maximum absolute atomic E-state index is 6.30. The van der Waals surface area contributed by atoms with Gasteiger partial charge in [-0.2, -0.15) is 0 Å². The Balaban J connectivity index is 1.03. The van der Waals surface area contributed by atoms with Gasteiger partial charge in [-0.3, -0.25) is 0 Å². The molecule has 2 heteroatoms. The third kappa shape index (κ3) is 6.44. The van der Waals surface area contributed by atoms with Crippen molar-refractivity contribution in [2.24, 2.45) is 0 Å². The Bertz CT molecular complexity index is 3660. The second kappa shape index (κ2) is 15.8. The van der Waals surface area contributed by atoms with Crippen molar-refractivity contribution in [3.05, 3.63) is 249 Å². The van der Waals surface area contributed by atoms with Gasteiger partial charge in [0.1, 0.15) is 11.2 Å². The molecule has 64 heavy (non-hydrogen) atoms. The topological polar surface area (TPSA) is 16.4 Å². The first kappa shape index (κ1) is 37.3. The van der Waals surface area contributed by atoms with Crippen molar-refractivity contribution in [3.8, 4) is 55.6 Å². The smallest absolute Gasteiger partial charge is 0.136 e. The Morgan fingerprint density at radius 1 is 0.266 bits per heavy atom. The van der Waals surface area contributed by atoms with Gasteiger partial charge in [-0.15, -0.1) is 0 Å². The molecular weight excluding hydrogens is 775 g/mol. The first-order valence-electron chi connectivity index (χ1n) is 21.9. The molecular formula is C62H41NO. The van der Waals surface area contributed by atoms with Crippen LogP contribution in [-0.2, 0) is 0 Å². The van der Waals surface area contributed by atoms with Gasteiger partial charge in [0.25, 0.3) is 0 Å². The maximum atomic E-state index is 6.30. The molecule has 0 aliphatic rings. The van der Waals surface area contributed by atoms with Crippen molar-refractivity contribution in [2.45, 2.75) is 0 Å². The molecule has 12 aromatic rings. The van der Waals surface area contributed by atoms with E-state index < -0.39 is 0 Å². The summed E-state index contributed by atoms with van der Waals surface area (Å²) in [5, 5.41) is 7.29. The van der Waals surface area contributed by atoms with Crippen molar-refractivity contribution >= 4 is 60.5 Å². The molecule has 0 saturated carbocycles. The molecule has 0 aliphatic heterocycles. The van der Waals surface area contributed by atoms with Crippen LogP contribution in [0.1, 0.15) is 0 Å². The molecule has 0 unspecified atom stereocenters. The van der Waals surface area contributed by atoms with Crippen LogP contribution in [0.15, 0.2) is 253 Å². The molecule has 2 nitrogen and oxygen atoms in total. The van der Waals surface area contributed by atoms with E-state index in [2.05, 4.69) is 241 Å². The van der Waals surface area contributed by atoms with Crippen LogP contribution in [0.2, 0.25) is 0 Å². The average molecular weight is 816 g/mol. The number of para-hydroxylation sites is 2. The summed E-state index contributed by atoms with van der Waals surface area (Å²) in [5.74, 6) is 0. The lowest BCUT2D eigenvalue weighted by Gasteiger charge is -2.29. The molecule has 11 aromatic carbocycles. The summed E-state index contributed by atoms with van der Waals surface area (Å²) < 4.78 is 6.30. The second-order valence-corrected chi connectivity index (χ2v) is 16.4. The Labute approximate surface area is 372 Å². The molecule has 1 heterocycles. The predicted octanol–water partition coefficient (Wildman–Crippen LogP) is 17.7. The van der Waals surface area contributed by atoms with Crippen LogP contribution in [0.4, 0.5) is 17.1 Å². The highest BCUT2D eigenvalue weighted by Gasteiger charge is 2.21. The third-order valence-corrected chi connectivity index (χ3v) is 12.7. The first-order valence-corrected chi connectivity index (χ1v) is 21.9. The minimum Gasteiger partial charge on any atom is -0.456 e. The maximum Gasteiger partial charge on any atom is 0.136 e. The van der Waals surface area contributed by atoms with Crippen molar-refractivity contribution in [3.63, 3.8) is 0 Å². The van der Waals surface area contributed by atoms with E-state index in [0.717, 1.165) is 55.7 Å². The number of furan rings is 1. The standard InChI is InChI=1S/C62H41NO/c1-2-17-42(18-3-1)48-20-6-7-22-51(48)53-24-9-10-25-54(53)56-27-12-14-30-59(56)63(46-37-33-43(34-38-46)50-29-16-32-61-62(50)57-28-13-15-31-60(57)64-61)47-39-35-44(36-40-47)58-41-45-19-4-5-21-49(45)52-23-8-11-26-55(52)58/h1-41H. The highest BCUT2D eigenvalue weighted by atomic mass is 16.3. The molecule has 12 rings (SSSR count). The summed E-state index contributed by atoms with van der Waals surface area (Å²) in [5.41, 5.74) is 16.8. The van der Waals surface area contributed by atoms with Crippen LogP contribution < -0.4 is 4.90 Å². The number of nitrogens with zero attached hydrogens (tertiary/aromatic N) is 1. The van der Waals surface area contributed by atoms with E-state index >= 15 is 0 Å². The van der Waals surface area contributed by atoms with Crippen molar-refractivity contribution in [1.82, 2.24) is 0 Å². The molecule has 0 radical (unpaired) electrons. The zero-order valence-corrected chi connectivity index (χ0v) is 35.0. The minimum atomic E-state index is 0.894. The van der Waals surface area contributed by atoms with E-state index in [4.69, 9.17) is 4.42 Å². The minimum absolute atomic E-state index is 0.894. The summed E-state index contributed by atoms with van der Waals surface area (Å²) in [6.45, 7) is 0. The van der Waals surface area contributed by atoms with Crippen LogP contribution in [0.3, 0.4) is 0 Å². The molecule has 300 valence electrons. The number of benzene rings is 11. The third-order valence-electron chi connectivity index (χ3n) is 12.7. The molecule has 0 saturated heterocycles. The fourth-order valence-corrected chi connectivity index (χ4v) is 9.75. The average Bonchev–Trinajstić information content (AvgIpc) is 3.76. The molecule has 0 amide bonds. The lowest BCUT2D eigenvalue weighted by Crippen LogP contribution is -2.11. The van der Waals surface area contributed by atoms with Gasteiger partial charge in [-0.05, 0) is 120 Å². The van der Waals surface area contributed by atoms with E-state index in [1.54, 1.807) is 0 Å². The first-order chi connectivity index (χ1) is 31.8. The lowest BCUT2D eigenvalue weighted by molar-refractivity contribution is 0.669. The van der Waals surface area contributed by atoms with Crippen molar-refractivity contribution in [1.29, 1.82) is 0 Å². The van der Waals surface area contributed by atoms with Crippen LogP contribution in [-0.4, -0.2) is 0 Å². The number of anilines is 3. The van der Waals surface area contributed by atoms with Gasteiger partial charge in [0.05, 0.1) is 5.69 Å². The fourth-order valence-electron chi connectivity index (χ4n) is 9.75. The van der Waals surface area contributed by atoms with E-state index in [1.807, 2.05) is 12.1 Å². The van der Waals surface area contributed by atoms with E-state index in [9.17, 15) is 0 Å². The van der Waals surface area contributed by atoms with Crippen molar-refractivity contribution in [2.75, 3.05) is 4.90 Å². The van der Waals surface area contributed by atoms with Crippen LogP contribution in [0.25, 0.3) is 99.1 Å². The Kier molecular flexibility index (Phi) is 9.20. The number of fused-ring (bicyclic) bond motifs is 6. The van der Waals surface area contributed by atoms with Gasteiger partial charge in [0, 0.05) is 27.7 Å². The lowest BCUT2D eigenvalue weighted by atomic mass is 9.88. The highest BCUT2D eigenvalue weighted by molar-refractivity contribution is 6.14. The summed E-state index contributed by atoms with van der Waals surface area (Å²) in [4.78, 5) is 2.41. The number of rotatable bonds is 8. The molecule has 0 spiro atoms. The Morgan fingerprint density at radius 3 is 1.45 bits per heavy atom. The Morgan fingerprint density at radius 2 is 0.734 bits per heavy atom. The summed E-state index contributed by atoms with van der Waals surface area (Å²) in [7, 11) is 0. The summed E-state index contributed by atoms with van der Waals surface area (Å²) in [6.07, 6.45) is 0. The van der Waals surface area contributed by atoms with Crippen LogP contribution in [0.5, 0.6) is 0 Å². The molecule has 1 aromatic heterocycles. The van der Waals surface area contributed by atoms with Crippen LogP contribution >= 0.6 is 0 Å². The molecule has 0 aliphatic carbocycles. The quantitative estimate of drug-likeness (QED) is 0.142. The van der Waals surface area contributed by atoms with Gasteiger partial charge in [0.15, 0.2) is 0 Å². The van der Waals surface area contributed by atoms with Gasteiger partial charge in [-0.1, -0.05) is 200 Å². The highest BCUT2D eigenvalue weighted by Crippen LogP contribution is 2.46. The zero-order chi connectivity index (χ0) is 42.4. The van der Waals surface area contributed by atoms with E-state index in [-0.39, 0.29) is 0 Å². The van der Waals surface area contributed by atoms with Gasteiger partial charge in [-0.25, -0.2) is 0 Å². The Hall–Kier alpha value is -8.46. The van der Waals surface area contributed by atoms with Gasteiger partial charge in [0.2, 0.25) is 0 Å². The predicted molar refractivity (Wildman–Crippen MR) is 271 cm³/mol. The molecule has 0 bridgehead atoms. The fraction of sp³-hybridized carbons (Fsp3) is 0. The molecule has 0 N–H and O–H groups in total. The summed E-state index contributed by atoms with van der Waals surface area (Å²) in [6, 6.07) is 89.7. The van der Waals surface area contributed by atoms with Crippen LogP contribution in [0, 0.1) is 0 Å². The second-order valence-electron chi connectivity index (χ2n) is 16.4. The van der Waals surface area contributed by atoms with E-state index in [0.29, 0.717) is 0 Å². The zero-order valence-electron chi connectivity index (χ0n) is 35.0. The monoisotopic (exact) mass is 815 g/mol. The normalized spacial score (nSPS) is 11.4. The SMILES string of the molecule is c1ccc(-c2ccccc2-c2ccccc2-c2ccccc2N(c2ccc(-c3cc4ccccc4c4ccccc34)cc2)c2ccc(-c3cccc4oc5ccccc5c34)cc2)cc1.